The molecule has 1 unspecified atom stereocenters. The molecule has 2 aromatic heterocycles. The summed E-state index contributed by atoms with van der Waals surface area (Å²) in [6, 6.07) is 26.9. The molecule has 2 N–H and O–H groups in total. The van der Waals surface area contributed by atoms with Gasteiger partial charge in [0.05, 0.1) is 0 Å². The number of nitrogens with one attached hydrogen (secondary N) is 1. The minimum absolute atomic E-state index is 0.00264. The lowest BCUT2D eigenvalue weighted by atomic mass is 9.83. The summed E-state index contributed by atoms with van der Waals surface area (Å²) < 4.78 is 5.98. The first-order chi connectivity index (χ1) is 17.2. The number of rotatable bonds is 9. The van der Waals surface area contributed by atoms with E-state index in [1.165, 1.54) is 5.56 Å². The molecule has 0 fully saturated rings. The molecule has 5 heteroatoms. The topological polar surface area (TPSA) is 75.2 Å². The predicted molar refractivity (Wildman–Crippen MR) is 137 cm³/mol. The summed E-state index contributed by atoms with van der Waals surface area (Å²) in [5, 5.41) is 11.4. The van der Waals surface area contributed by atoms with Gasteiger partial charge in [0.25, 0.3) is 0 Å². The molecule has 0 saturated heterocycles. The molecular weight excluding hydrogens is 436 g/mol. The van der Waals surface area contributed by atoms with Gasteiger partial charge in [0.15, 0.2) is 0 Å². The monoisotopic (exact) mass is 462 g/mol. The lowest BCUT2D eigenvalue weighted by Gasteiger charge is -2.20. The van der Waals surface area contributed by atoms with Gasteiger partial charge in [0.1, 0.15) is 12.4 Å². The zero-order chi connectivity index (χ0) is 24.0. The summed E-state index contributed by atoms with van der Waals surface area (Å²) in [6.07, 6.45) is 8.06. The van der Waals surface area contributed by atoms with E-state index >= 15 is 0 Å². The smallest absolute Gasteiger partial charge is 0.303 e. The van der Waals surface area contributed by atoms with Gasteiger partial charge < -0.3 is 14.8 Å². The number of benzene rings is 3. The summed E-state index contributed by atoms with van der Waals surface area (Å²) in [4.78, 5) is 18.5. The van der Waals surface area contributed by atoms with Crippen LogP contribution in [0.25, 0.3) is 10.8 Å². The number of carbonyl (C=O) groups is 1. The fourth-order valence-corrected chi connectivity index (χ4v) is 4.49. The fraction of sp³-hybridized carbons (Fsp3) is 0.133. The minimum Gasteiger partial charge on any atom is -0.489 e. The first-order valence-corrected chi connectivity index (χ1v) is 11.6. The van der Waals surface area contributed by atoms with Crippen molar-refractivity contribution < 1.29 is 14.6 Å². The Kier molecular flexibility index (Phi) is 6.57. The van der Waals surface area contributed by atoms with Crippen LogP contribution in [0.15, 0.2) is 104 Å². The summed E-state index contributed by atoms with van der Waals surface area (Å²) in [6.45, 7) is 0.472. The summed E-state index contributed by atoms with van der Waals surface area (Å²) in [5.41, 5.74) is 5.48. The predicted octanol–water partition coefficient (Wildman–Crippen LogP) is 6.34. The van der Waals surface area contributed by atoms with Gasteiger partial charge in [0, 0.05) is 42.7 Å². The Morgan fingerprint density at radius 3 is 2.54 bits per heavy atom. The van der Waals surface area contributed by atoms with Crippen LogP contribution in [-0.4, -0.2) is 21.0 Å². The normalized spacial score (nSPS) is 11.9. The Morgan fingerprint density at radius 2 is 1.74 bits per heavy atom. The Bertz CT molecular complexity index is 1430. The molecule has 1 atom stereocenters. The zero-order valence-corrected chi connectivity index (χ0v) is 19.2. The number of carboxylic acid groups (broad SMARTS) is 1. The van der Waals surface area contributed by atoms with Crippen LogP contribution in [0, 0.1) is 0 Å². The third kappa shape index (κ3) is 5.25. The van der Waals surface area contributed by atoms with Crippen molar-refractivity contribution in [2.75, 3.05) is 0 Å². The van der Waals surface area contributed by atoms with E-state index in [1.54, 1.807) is 6.20 Å². The van der Waals surface area contributed by atoms with Gasteiger partial charge in [-0.1, -0.05) is 60.7 Å². The Hall–Kier alpha value is -4.38. The molecule has 0 radical (unpaired) electrons. The molecule has 5 aromatic rings. The highest BCUT2D eigenvalue weighted by Gasteiger charge is 2.21. The van der Waals surface area contributed by atoms with Gasteiger partial charge in [0.2, 0.25) is 0 Å². The lowest BCUT2D eigenvalue weighted by Crippen LogP contribution is -2.06. The average Bonchev–Trinajstić information content (AvgIpc) is 3.35. The molecule has 0 spiro atoms. The third-order valence-electron chi connectivity index (χ3n) is 6.22. The SMILES string of the molecule is O=C(O)CCc1c[nH]cc1C(c1ccccc1)c1ccc2cc(OCc3cccnc3)ccc2c1. The van der Waals surface area contributed by atoms with Crippen LogP contribution in [0.1, 0.15) is 40.2 Å². The molecule has 5 nitrogen and oxygen atoms in total. The second-order valence-electron chi connectivity index (χ2n) is 8.59. The van der Waals surface area contributed by atoms with Crippen LogP contribution >= 0.6 is 0 Å². The Balaban J connectivity index is 1.47. The molecule has 35 heavy (non-hydrogen) atoms. The zero-order valence-electron chi connectivity index (χ0n) is 19.2. The highest BCUT2D eigenvalue weighted by Crippen LogP contribution is 2.36. The quantitative estimate of drug-likeness (QED) is 0.268. The number of carboxylic acids is 1. The summed E-state index contributed by atoms with van der Waals surface area (Å²) in [5.74, 6) is 0.0214. The van der Waals surface area contributed by atoms with Gasteiger partial charge in [-0.15, -0.1) is 0 Å². The van der Waals surface area contributed by atoms with E-state index in [2.05, 4.69) is 52.4 Å². The van der Waals surface area contributed by atoms with Crippen molar-refractivity contribution in [1.29, 1.82) is 0 Å². The Labute approximate surface area is 204 Å². The third-order valence-corrected chi connectivity index (χ3v) is 6.22. The van der Waals surface area contributed by atoms with Gasteiger partial charge in [-0.25, -0.2) is 0 Å². The molecule has 5 rings (SSSR count). The van der Waals surface area contributed by atoms with E-state index < -0.39 is 5.97 Å². The standard InChI is InChI=1S/C30H26N2O3/c33-29(34)13-11-26-18-32-19-28(26)30(22-6-2-1-3-7-22)25-9-8-24-16-27(12-10-23(24)15-25)35-20-21-5-4-14-31-17-21/h1-10,12,14-19,30,32H,11,13,20H2,(H,33,34). The van der Waals surface area contributed by atoms with Crippen molar-refractivity contribution in [3.8, 4) is 5.75 Å². The van der Waals surface area contributed by atoms with Crippen LogP contribution in [0.3, 0.4) is 0 Å². The van der Waals surface area contributed by atoms with Crippen LogP contribution < -0.4 is 4.74 Å². The molecule has 3 aromatic carbocycles. The number of hydrogen-bond acceptors (Lipinski definition) is 3. The van der Waals surface area contributed by atoms with E-state index in [0.717, 1.165) is 38.8 Å². The molecule has 0 aliphatic rings. The number of pyridine rings is 1. The highest BCUT2D eigenvalue weighted by molar-refractivity contribution is 5.85. The molecule has 0 saturated carbocycles. The molecular formula is C30H26N2O3. The number of fused-ring (bicyclic) bond motifs is 1. The molecule has 0 aliphatic carbocycles. The van der Waals surface area contributed by atoms with Crippen LogP contribution in [0.2, 0.25) is 0 Å². The number of H-pyrrole nitrogens is 1. The lowest BCUT2D eigenvalue weighted by molar-refractivity contribution is -0.136. The van der Waals surface area contributed by atoms with Crippen molar-refractivity contribution >= 4 is 16.7 Å². The number of aliphatic carboxylic acids is 1. The number of hydrogen-bond donors (Lipinski definition) is 2. The van der Waals surface area contributed by atoms with Crippen molar-refractivity contribution in [1.82, 2.24) is 9.97 Å². The van der Waals surface area contributed by atoms with Gasteiger partial charge in [-0.2, -0.15) is 0 Å². The summed E-state index contributed by atoms with van der Waals surface area (Å²) in [7, 11) is 0. The van der Waals surface area contributed by atoms with Gasteiger partial charge in [-0.05, 0) is 57.6 Å². The largest absolute Gasteiger partial charge is 0.489 e. The van der Waals surface area contributed by atoms with Gasteiger partial charge >= 0.3 is 5.97 Å². The first kappa shape index (κ1) is 22.4. The second-order valence-corrected chi connectivity index (χ2v) is 8.59. The van der Waals surface area contributed by atoms with E-state index in [4.69, 9.17) is 4.74 Å². The van der Waals surface area contributed by atoms with E-state index in [0.29, 0.717) is 13.0 Å². The molecule has 0 bridgehead atoms. The van der Waals surface area contributed by atoms with Crippen molar-refractivity contribution in [2.45, 2.75) is 25.4 Å². The number of nitrogens with zero attached hydrogens (tertiary/aromatic N) is 1. The van der Waals surface area contributed by atoms with Crippen LogP contribution in [-0.2, 0) is 17.8 Å². The minimum atomic E-state index is -0.791. The number of ether oxygens (including phenoxy) is 1. The number of aromatic nitrogens is 2. The van der Waals surface area contributed by atoms with Crippen LogP contribution in [0.5, 0.6) is 5.75 Å². The average molecular weight is 463 g/mol. The Morgan fingerprint density at radius 1 is 0.914 bits per heavy atom. The second kappa shape index (κ2) is 10.3. The molecule has 0 aliphatic heterocycles. The maximum absolute atomic E-state index is 11.2. The fourth-order valence-electron chi connectivity index (χ4n) is 4.49. The van der Waals surface area contributed by atoms with Crippen LogP contribution in [0.4, 0.5) is 0 Å². The van der Waals surface area contributed by atoms with E-state index in [9.17, 15) is 9.90 Å². The maximum Gasteiger partial charge on any atom is 0.303 e. The maximum atomic E-state index is 11.2. The van der Waals surface area contributed by atoms with Gasteiger partial charge in [-0.3, -0.25) is 9.78 Å². The highest BCUT2D eigenvalue weighted by atomic mass is 16.5. The van der Waals surface area contributed by atoms with E-state index in [-0.39, 0.29) is 12.3 Å². The molecule has 0 amide bonds. The van der Waals surface area contributed by atoms with Crippen molar-refractivity contribution in [2.24, 2.45) is 0 Å². The number of aromatic amines is 1. The number of aryl methyl sites for hydroxylation is 1. The first-order valence-electron chi connectivity index (χ1n) is 11.6. The van der Waals surface area contributed by atoms with Crippen molar-refractivity contribution in [3.05, 3.63) is 131 Å². The van der Waals surface area contributed by atoms with Crippen molar-refractivity contribution in [3.63, 3.8) is 0 Å². The molecule has 174 valence electrons. The summed E-state index contributed by atoms with van der Waals surface area (Å²) >= 11 is 0. The molecule has 2 heterocycles. The van der Waals surface area contributed by atoms with E-state index in [1.807, 2.05) is 55.0 Å².